The van der Waals surface area contributed by atoms with Crippen LogP contribution in [-0.4, -0.2) is 69.7 Å². The van der Waals surface area contributed by atoms with Crippen LogP contribution in [0.2, 0.25) is 18.1 Å². The number of amides is 1. The fraction of sp³-hybridized carbons (Fsp3) is 0.474. The Morgan fingerprint density at radius 3 is 1.81 bits per heavy atom. The van der Waals surface area contributed by atoms with E-state index in [-0.39, 0.29) is 35.9 Å². The fourth-order valence-corrected chi connectivity index (χ4v) is 6.96. The summed E-state index contributed by atoms with van der Waals surface area (Å²) in [5.41, 5.74) is 1.82. The van der Waals surface area contributed by atoms with E-state index in [9.17, 15) is 9.59 Å². The number of carbonyl (C=O) groups is 2. The van der Waals surface area contributed by atoms with Gasteiger partial charge in [-0.15, -0.1) is 0 Å². The first-order valence-electron chi connectivity index (χ1n) is 16.5. The van der Waals surface area contributed by atoms with Crippen LogP contribution >= 0.6 is 0 Å². The quantitative estimate of drug-likeness (QED) is 0.102. The Balaban J connectivity index is 1.74. The lowest BCUT2D eigenvalue weighted by Gasteiger charge is -2.38. The monoisotopic (exact) mass is 661 g/mol. The lowest BCUT2D eigenvalue weighted by molar-refractivity contribution is -0.138. The molecule has 0 aromatic heterocycles. The number of ether oxygens (including phenoxy) is 3. The van der Waals surface area contributed by atoms with Crippen LogP contribution in [0.15, 0.2) is 78.9 Å². The van der Waals surface area contributed by atoms with E-state index in [4.69, 9.17) is 23.7 Å². The standard InChI is InChI=1S/C38H51NO7Si/c1-37(2,3)47(6,7)45-27-31-25-34(26-39(31)35(40)15-11-12-16-36(41)42)46-38(28-13-9-8-10-14-28,29-17-21-32(43-4)22-18-29)30-19-23-33(44-5)24-20-30/h8-10,13-14,17-24,31,34H,11-12,15-16,25-27H2,1-7H3,(H,41,42)/t31-,34-/m0/s1. The number of hydrogen-bond acceptors (Lipinski definition) is 6. The maximum Gasteiger partial charge on any atom is 0.303 e. The third kappa shape index (κ3) is 8.63. The number of carbonyl (C=O) groups excluding carboxylic acids is 1. The molecule has 1 saturated heterocycles. The number of aliphatic carboxylic acids is 1. The van der Waals surface area contributed by atoms with Crippen molar-refractivity contribution >= 4 is 20.2 Å². The van der Waals surface area contributed by atoms with Crippen molar-refractivity contribution < 1.29 is 33.3 Å². The number of rotatable bonds is 15. The molecule has 3 aromatic rings. The lowest BCUT2D eigenvalue weighted by atomic mass is 9.79. The average molecular weight is 662 g/mol. The number of unbranched alkanes of at least 4 members (excludes halogenated alkanes) is 1. The number of likely N-dealkylation sites (tertiary alicyclic amines) is 1. The van der Waals surface area contributed by atoms with Gasteiger partial charge in [0.15, 0.2) is 8.32 Å². The van der Waals surface area contributed by atoms with Crippen LogP contribution in [0.1, 0.15) is 69.6 Å². The van der Waals surface area contributed by atoms with Crippen LogP contribution in [0.4, 0.5) is 0 Å². The molecule has 1 aliphatic heterocycles. The Kier molecular flexibility index (Phi) is 11.9. The molecule has 2 atom stereocenters. The highest BCUT2D eigenvalue weighted by Gasteiger charge is 2.46. The van der Waals surface area contributed by atoms with Gasteiger partial charge in [-0.1, -0.05) is 75.4 Å². The van der Waals surface area contributed by atoms with E-state index >= 15 is 0 Å². The van der Waals surface area contributed by atoms with Crippen LogP contribution in [0.3, 0.4) is 0 Å². The van der Waals surface area contributed by atoms with E-state index in [1.165, 1.54) is 0 Å². The number of hydrogen-bond donors (Lipinski definition) is 1. The molecule has 1 N–H and O–H groups in total. The van der Waals surface area contributed by atoms with Crippen LogP contribution in [0, 0.1) is 0 Å². The zero-order chi connectivity index (χ0) is 34.2. The Bertz CT molecular complexity index is 1400. The molecule has 0 unspecified atom stereocenters. The number of carboxylic acids is 1. The number of carboxylic acid groups (broad SMARTS) is 1. The molecule has 0 radical (unpaired) electrons. The summed E-state index contributed by atoms with van der Waals surface area (Å²) in [7, 11) is 1.21. The van der Waals surface area contributed by atoms with Crippen LogP contribution < -0.4 is 9.47 Å². The van der Waals surface area contributed by atoms with Gasteiger partial charge in [0, 0.05) is 19.4 Å². The Labute approximate surface area is 281 Å². The summed E-state index contributed by atoms with van der Waals surface area (Å²) < 4.78 is 25.1. The van der Waals surface area contributed by atoms with Gasteiger partial charge in [0.2, 0.25) is 5.91 Å². The number of methoxy groups -OCH3 is 2. The molecule has 1 amide bonds. The topological polar surface area (TPSA) is 94.5 Å². The minimum absolute atomic E-state index is 0.00419. The molecule has 0 aliphatic carbocycles. The molecule has 8 nitrogen and oxygen atoms in total. The molecule has 0 bridgehead atoms. The first-order chi connectivity index (χ1) is 22.3. The van der Waals surface area contributed by atoms with Gasteiger partial charge in [0.25, 0.3) is 0 Å². The van der Waals surface area contributed by atoms with Gasteiger partial charge >= 0.3 is 5.97 Å². The minimum atomic E-state index is -2.09. The van der Waals surface area contributed by atoms with Crippen molar-refractivity contribution in [2.24, 2.45) is 0 Å². The highest BCUT2D eigenvalue weighted by Crippen LogP contribution is 2.44. The third-order valence-electron chi connectivity index (χ3n) is 9.69. The van der Waals surface area contributed by atoms with Gasteiger partial charge in [-0.2, -0.15) is 0 Å². The van der Waals surface area contributed by atoms with Crippen molar-refractivity contribution in [3.63, 3.8) is 0 Å². The van der Waals surface area contributed by atoms with Crippen molar-refractivity contribution in [1.29, 1.82) is 0 Å². The molecule has 4 rings (SSSR count). The molecule has 254 valence electrons. The maximum atomic E-state index is 13.7. The smallest absolute Gasteiger partial charge is 0.303 e. The maximum absolute atomic E-state index is 13.7. The first-order valence-corrected chi connectivity index (χ1v) is 19.4. The largest absolute Gasteiger partial charge is 0.497 e. The van der Waals surface area contributed by atoms with E-state index in [1.54, 1.807) is 14.2 Å². The zero-order valence-corrected chi connectivity index (χ0v) is 30.0. The van der Waals surface area contributed by atoms with Crippen LogP contribution in [-0.2, 0) is 24.4 Å². The van der Waals surface area contributed by atoms with Crippen molar-refractivity contribution in [3.05, 3.63) is 95.6 Å². The van der Waals surface area contributed by atoms with Crippen LogP contribution in [0.25, 0.3) is 0 Å². The predicted molar refractivity (Wildman–Crippen MR) is 187 cm³/mol. The van der Waals surface area contributed by atoms with Gasteiger partial charge in [-0.3, -0.25) is 9.59 Å². The normalized spacial score (nSPS) is 17.0. The summed E-state index contributed by atoms with van der Waals surface area (Å²) in [5, 5.41) is 9.12. The van der Waals surface area contributed by atoms with E-state index < -0.39 is 19.9 Å². The molecule has 1 heterocycles. The lowest BCUT2D eigenvalue weighted by Crippen LogP contribution is -2.46. The predicted octanol–water partition coefficient (Wildman–Crippen LogP) is 7.65. The van der Waals surface area contributed by atoms with Crippen molar-refractivity contribution in [3.8, 4) is 11.5 Å². The first kappa shape index (κ1) is 36.2. The number of nitrogens with zero attached hydrogens (tertiary/aromatic N) is 1. The minimum Gasteiger partial charge on any atom is -0.497 e. The van der Waals surface area contributed by atoms with Crippen molar-refractivity contribution in [2.75, 3.05) is 27.4 Å². The molecule has 1 fully saturated rings. The molecule has 9 heteroatoms. The Morgan fingerprint density at radius 1 is 0.809 bits per heavy atom. The highest BCUT2D eigenvalue weighted by atomic mass is 28.4. The molecule has 0 spiro atoms. The van der Waals surface area contributed by atoms with Crippen LogP contribution in [0.5, 0.6) is 11.5 Å². The Hall–Kier alpha value is -3.66. The van der Waals surface area contributed by atoms with Crippen molar-refractivity contribution in [2.45, 2.75) is 88.8 Å². The van der Waals surface area contributed by atoms with Gasteiger partial charge in [-0.05, 0) is 78.4 Å². The Morgan fingerprint density at radius 2 is 1.32 bits per heavy atom. The molecular weight excluding hydrogens is 611 g/mol. The molecule has 3 aromatic carbocycles. The van der Waals surface area contributed by atoms with E-state index in [0.717, 1.165) is 28.2 Å². The molecular formula is C38H51NO7Si. The molecule has 0 saturated carbocycles. The van der Waals surface area contributed by atoms with Gasteiger partial charge in [0.05, 0.1) is 33.0 Å². The molecule has 47 heavy (non-hydrogen) atoms. The van der Waals surface area contributed by atoms with E-state index in [0.29, 0.717) is 32.4 Å². The second-order valence-electron chi connectivity index (χ2n) is 13.9. The summed E-state index contributed by atoms with van der Waals surface area (Å²) >= 11 is 0. The van der Waals surface area contributed by atoms with Crippen molar-refractivity contribution in [1.82, 2.24) is 4.90 Å². The summed E-state index contributed by atoms with van der Waals surface area (Å²) in [6.07, 6.45) is 1.63. The fourth-order valence-electron chi connectivity index (χ4n) is 5.92. The zero-order valence-electron chi connectivity index (χ0n) is 29.0. The molecule has 1 aliphatic rings. The van der Waals surface area contributed by atoms with E-state index in [1.807, 2.05) is 71.6 Å². The summed E-state index contributed by atoms with van der Waals surface area (Å²) in [6, 6.07) is 25.9. The van der Waals surface area contributed by atoms with Gasteiger partial charge in [0.1, 0.15) is 17.1 Å². The summed E-state index contributed by atoms with van der Waals surface area (Å²) in [6.45, 7) is 11.9. The second-order valence-corrected chi connectivity index (χ2v) is 18.7. The SMILES string of the molecule is COc1ccc(C(O[C@H]2C[C@@H](CO[Si](C)(C)C(C)(C)C)N(C(=O)CCCCC(=O)O)C2)(c2ccccc2)c2ccc(OC)cc2)cc1. The van der Waals surface area contributed by atoms with E-state index in [2.05, 4.69) is 46.0 Å². The highest BCUT2D eigenvalue weighted by molar-refractivity contribution is 6.74. The van der Waals surface area contributed by atoms with Gasteiger partial charge < -0.3 is 28.6 Å². The average Bonchev–Trinajstić information content (AvgIpc) is 3.47. The third-order valence-corrected chi connectivity index (χ3v) is 14.2. The van der Waals surface area contributed by atoms with Gasteiger partial charge in [-0.25, -0.2) is 0 Å². The summed E-state index contributed by atoms with van der Waals surface area (Å²) in [4.78, 5) is 26.7. The second kappa shape index (κ2) is 15.5. The number of benzene rings is 3. The summed E-state index contributed by atoms with van der Waals surface area (Å²) in [5.74, 6) is 0.647.